The lowest BCUT2D eigenvalue weighted by molar-refractivity contribution is 0.0522. The van der Waals surface area contributed by atoms with Crippen molar-refractivity contribution in [3.63, 3.8) is 0 Å². The lowest BCUT2D eigenvalue weighted by Crippen LogP contribution is -2.32. The fraction of sp³-hybridized carbons (Fsp3) is 0.750. The maximum absolute atomic E-state index is 11.7. The summed E-state index contributed by atoms with van der Waals surface area (Å²) in [6.07, 6.45) is 8.54. The van der Waals surface area contributed by atoms with Crippen LogP contribution in [0.2, 0.25) is 0 Å². The molecule has 1 amide bonds. The fourth-order valence-electron chi connectivity index (χ4n) is 2.98. The van der Waals surface area contributed by atoms with E-state index in [0.717, 1.165) is 11.6 Å². The molecule has 2 rings (SSSR count). The number of ether oxygens (including phenoxy) is 1. The molecule has 1 heterocycles. The van der Waals surface area contributed by atoms with Gasteiger partial charge in [0.15, 0.2) is 0 Å². The van der Waals surface area contributed by atoms with E-state index in [-0.39, 0.29) is 6.09 Å². The van der Waals surface area contributed by atoms with Gasteiger partial charge in [0, 0.05) is 12.2 Å². The highest BCUT2D eigenvalue weighted by Crippen LogP contribution is 2.34. The molecule has 1 aliphatic rings. The van der Waals surface area contributed by atoms with Crippen LogP contribution in [-0.4, -0.2) is 21.2 Å². The summed E-state index contributed by atoms with van der Waals surface area (Å²) < 4.78 is 7.44. The zero-order valence-electron chi connectivity index (χ0n) is 13.6. The minimum Gasteiger partial charge on any atom is -0.444 e. The number of alkyl carbamates (subject to hydrolysis) is 1. The molecular formula is C16H27N3O2. The van der Waals surface area contributed by atoms with Crippen LogP contribution in [0.4, 0.5) is 4.79 Å². The predicted octanol–water partition coefficient (Wildman–Crippen LogP) is 3.66. The quantitative estimate of drug-likeness (QED) is 0.921. The van der Waals surface area contributed by atoms with Crippen molar-refractivity contribution in [2.24, 2.45) is 5.92 Å². The van der Waals surface area contributed by atoms with E-state index in [1.54, 1.807) is 0 Å². The van der Waals surface area contributed by atoms with Crippen LogP contribution >= 0.6 is 0 Å². The maximum atomic E-state index is 11.7. The van der Waals surface area contributed by atoms with Gasteiger partial charge < -0.3 is 14.6 Å². The number of carbonyl (C=O) groups is 1. The molecule has 5 nitrogen and oxygen atoms in total. The van der Waals surface area contributed by atoms with Gasteiger partial charge in [0.05, 0.1) is 18.6 Å². The smallest absolute Gasteiger partial charge is 0.407 e. The lowest BCUT2D eigenvalue weighted by atomic mass is 9.99. The first-order valence-electron chi connectivity index (χ1n) is 7.84. The molecule has 1 aromatic rings. The van der Waals surface area contributed by atoms with Crippen molar-refractivity contribution in [2.75, 3.05) is 0 Å². The lowest BCUT2D eigenvalue weighted by Gasteiger charge is -2.23. The number of hydrogen-bond donors (Lipinski definition) is 1. The van der Waals surface area contributed by atoms with Crippen LogP contribution < -0.4 is 5.32 Å². The molecule has 1 aliphatic carbocycles. The number of carbonyl (C=O) groups excluding carboxylic acids is 1. The predicted molar refractivity (Wildman–Crippen MR) is 82.0 cm³/mol. The zero-order chi connectivity index (χ0) is 15.5. The van der Waals surface area contributed by atoms with Crippen LogP contribution in [-0.2, 0) is 11.3 Å². The minimum absolute atomic E-state index is 0.385. The minimum atomic E-state index is -0.471. The molecule has 1 fully saturated rings. The first kappa shape index (κ1) is 15.9. The van der Waals surface area contributed by atoms with E-state index in [0.29, 0.717) is 12.6 Å². The van der Waals surface area contributed by atoms with Crippen LogP contribution in [0.5, 0.6) is 0 Å². The summed E-state index contributed by atoms with van der Waals surface area (Å²) in [5.41, 5.74) is 0.557. The zero-order valence-corrected chi connectivity index (χ0v) is 13.6. The van der Waals surface area contributed by atoms with Crippen molar-refractivity contribution in [2.45, 2.75) is 71.6 Å². The highest BCUT2D eigenvalue weighted by Gasteiger charge is 2.24. The molecule has 0 spiro atoms. The molecule has 118 valence electrons. The van der Waals surface area contributed by atoms with Gasteiger partial charge in [-0.1, -0.05) is 12.8 Å². The Hall–Kier alpha value is -1.52. The van der Waals surface area contributed by atoms with E-state index < -0.39 is 5.60 Å². The van der Waals surface area contributed by atoms with Crippen LogP contribution in [0.15, 0.2) is 12.5 Å². The van der Waals surface area contributed by atoms with E-state index in [4.69, 9.17) is 4.74 Å². The molecular weight excluding hydrogens is 266 g/mol. The second-order valence-corrected chi connectivity index (χ2v) is 6.93. The van der Waals surface area contributed by atoms with Crippen molar-refractivity contribution >= 4 is 6.09 Å². The van der Waals surface area contributed by atoms with Crippen molar-refractivity contribution in [1.82, 2.24) is 14.9 Å². The molecule has 5 heteroatoms. The third kappa shape index (κ3) is 4.48. The maximum Gasteiger partial charge on any atom is 0.407 e. The summed E-state index contributed by atoms with van der Waals surface area (Å²) in [6.45, 7) is 8.28. The van der Waals surface area contributed by atoms with E-state index in [9.17, 15) is 4.79 Å². The van der Waals surface area contributed by atoms with E-state index >= 15 is 0 Å². The van der Waals surface area contributed by atoms with Gasteiger partial charge in [-0.2, -0.15) is 0 Å². The van der Waals surface area contributed by atoms with Crippen LogP contribution in [0.25, 0.3) is 0 Å². The van der Waals surface area contributed by atoms with Gasteiger partial charge in [-0.25, -0.2) is 9.78 Å². The van der Waals surface area contributed by atoms with Gasteiger partial charge in [-0.3, -0.25) is 0 Å². The monoisotopic (exact) mass is 293 g/mol. The Morgan fingerprint density at radius 1 is 1.48 bits per heavy atom. The third-order valence-electron chi connectivity index (χ3n) is 4.08. The summed E-state index contributed by atoms with van der Waals surface area (Å²) in [7, 11) is 0. The average molecular weight is 293 g/mol. The Balaban J connectivity index is 1.92. The molecule has 0 bridgehead atoms. The van der Waals surface area contributed by atoms with E-state index in [1.165, 1.54) is 25.7 Å². The second kappa shape index (κ2) is 6.50. The number of aromatic nitrogens is 2. The Bertz CT molecular complexity index is 470. The normalized spacial score (nSPS) is 17.7. The molecule has 0 aromatic carbocycles. The average Bonchev–Trinajstić information content (AvgIpc) is 3.05. The summed E-state index contributed by atoms with van der Waals surface area (Å²) >= 11 is 0. The van der Waals surface area contributed by atoms with E-state index in [1.807, 2.05) is 33.3 Å². The molecule has 0 aliphatic heterocycles. The Morgan fingerprint density at radius 2 is 2.14 bits per heavy atom. The van der Waals surface area contributed by atoms with E-state index in [2.05, 4.69) is 21.8 Å². The number of imidazole rings is 1. The van der Waals surface area contributed by atoms with Gasteiger partial charge in [-0.15, -0.1) is 0 Å². The molecule has 1 aromatic heterocycles. The second-order valence-electron chi connectivity index (χ2n) is 6.93. The number of nitrogens with zero attached hydrogens (tertiary/aromatic N) is 2. The first-order valence-corrected chi connectivity index (χ1v) is 7.84. The van der Waals surface area contributed by atoms with Crippen molar-refractivity contribution < 1.29 is 9.53 Å². The molecule has 1 saturated carbocycles. The number of rotatable bonds is 4. The Kier molecular flexibility index (Phi) is 4.91. The summed E-state index contributed by atoms with van der Waals surface area (Å²) in [4.78, 5) is 16.0. The summed E-state index contributed by atoms with van der Waals surface area (Å²) in [5, 5.41) is 2.81. The summed E-state index contributed by atoms with van der Waals surface area (Å²) in [6, 6.07) is 0.436. The molecule has 1 N–H and O–H groups in total. The Morgan fingerprint density at radius 3 is 2.76 bits per heavy atom. The molecule has 1 unspecified atom stereocenters. The summed E-state index contributed by atoms with van der Waals surface area (Å²) in [5.74, 6) is 0.722. The third-order valence-corrected chi connectivity index (χ3v) is 4.08. The van der Waals surface area contributed by atoms with Gasteiger partial charge in [0.1, 0.15) is 5.60 Å². The highest BCUT2D eigenvalue weighted by molar-refractivity contribution is 5.67. The molecule has 0 saturated heterocycles. The molecule has 0 radical (unpaired) electrons. The standard InChI is InChI=1S/C16H27N3O2/c1-12(13-7-5-6-8-13)19-11-17-9-14(19)10-18-15(20)21-16(2,3)4/h9,11-13H,5-8,10H2,1-4H3,(H,18,20). The first-order chi connectivity index (χ1) is 9.87. The van der Waals surface area contributed by atoms with Crippen molar-refractivity contribution in [1.29, 1.82) is 0 Å². The van der Waals surface area contributed by atoms with Gasteiger partial charge in [-0.05, 0) is 46.5 Å². The number of nitrogens with one attached hydrogen (secondary N) is 1. The van der Waals surface area contributed by atoms with Gasteiger partial charge in [0.2, 0.25) is 0 Å². The van der Waals surface area contributed by atoms with Gasteiger partial charge in [0.25, 0.3) is 0 Å². The molecule has 21 heavy (non-hydrogen) atoms. The van der Waals surface area contributed by atoms with Crippen molar-refractivity contribution in [3.8, 4) is 0 Å². The Labute approximate surface area is 127 Å². The van der Waals surface area contributed by atoms with Crippen LogP contribution in [0, 0.1) is 5.92 Å². The van der Waals surface area contributed by atoms with Gasteiger partial charge >= 0.3 is 6.09 Å². The number of amides is 1. The SMILES string of the molecule is CC(C1CCCC1)n1cncc1CNC(=O)OC(C)(C)C. The number of hydrogen-bond acceptors (Lipinski definition) is 3. The van der Waals surface area contributed by atoms with Crippen LogP contribution in [0.1, 0.15) is 65.1 Å². The molecule has 1 atom stereocenters. The largest absolute Gasteiger partial charge is 0.444 e. The van der Waals surface area contributed by atoms with Crippen LogP contribution in [0.3, 0.4) is 0 Å². The van der Waals surface area contributed by atoms with Crippen molar-refractivity contribution in [3.05, 3.63) is 18.2 Å². The fourth-order valence-corrected chi connectivity index (χ4v) is 2.98. The topological polar surface area (TPSA) is 56.2 Å². The highest BCUT2D eigenvalue weighted by atomic mass is 16.6.